The molecule has 1 amide bonds. The van der Waals surface area contributed by atoms with Crippen molar-refractivity contribution in [1.82, 2.24) is 29.7 Å². The van der Waals surface area contributed by atoms with Crippen LogP contribution in [0.15, 0.2) is 60.8 Å². The van der Waals surface area contributed by atoms with Crippen molar-refractivity contribution >= 4 is 28.6 Å². The summed E-state index contributed by atoms with van der Waals surface area (Å²) in [5.74, 6) is 0.489. The fraction of sp³-hybridized carbons (Fsp3) is 0.468. The average molecular weight is 905 g/mol. The Morgan fingerprint density at radius 1 is 0.877 bits per heavy atom. The van der Waals surface area contributed by atoms with E-state index in [2.05, 4.69) is 19.9 Å². The molecule has 0 aliphatic carbocycles. The molecule has 8 rings (SSSR count). The SMILES string of the molecule is COc1ccc(CN(Cc2ccc(OC)cc2)c2cc(C)c(C(F)(F)F)c(-c3ncc4c(N5CCN(C(=O)OC(C)(C)C)CC5)nc(OC[C@@]56CCCN5C[C@H](F)C6)nc4c3F)n2)cc1. The normalized spacial score (nSPS) is 19.1. The molecule has 6 heterocycles. The van der Waals surface area contributed by atoms with Crippen molar-refractivity contribution in [3.63, 3.8) is 0 Å². The van der Waals surface area contributed by atoms with Gasteiger partial charge in [-0.15, -0.1) is 0 Å². The van der Waals surface area contributed by atoms with Gasteiger partial charge < -0.3 is 33.6 Å². The second-order valence-electron chi connectivity index (χ2n) is 17.9. The number of halogens is 5. The van der Waals surface area contributed by atoms with Gasteiger partial charge in [-0.1, -0.05) is 24.3 Å². The number of fused-ring (bicyclic) bond motifs is 2. The van der Waals surface area contributed by atoms with E-state index in [-0.39, 0.29) is 93.0 Å². The van der Waals surface area contributed by atoms with Crippen LogP contribution in [0.4, 0.5) is 38.4 Å². The van der Waals surface area contributed by atoms with E-state index in [0.717, 1.165) is 17.5 Å². The van der Waals surface area contributed by atoms with Gasteiger partial charge in [0.15, 0.2) is 5.82 Å². The number of nitrogens with zero attached hydrogens (tertiary/aromatic N) is 8. The van der Waals surface area contributed by atoms with Crippen LogP contribution in [0.5, 0.6) is 17.5 Å². The van der Waals surface area contributed by atoms with E-state index in [1.807, 2.05) is 29.2 Å². The zero-order chi connectivity index (χ0) is 46.3. The Bertz CT molecular complexity index is 2470. The molecule has 2 aromatic carbocycles. The highest BCUT2D eigenvalue weighted by atomic mass is 19.4. The third-order valence-corrected chi connectivity index (χ3v) is 12.2. The molecule has 346 valence electrons. The molecule has 0 spiro atoms. The number of piperazine rings is 1. The lowest BCUT2D eigenvalue weighted by Gasteiger charge is -2.36. The lowest BCUT2D eigenvalue weighted by Crippen LogP contribution is -2.50. The van der Waals surface area contributed by atoms with Crippen molar-refractivity contribution in [3.05, 3.63) is 88.9 Å². The summed E-state index contributed by atoms with van der Waals surface area (Å²) < 4.78 is 100. The zero-order valence-electron chi connectivity index (χ0n) is 37.3. The predicted molar refractivity (Wildman–Crippen MR) is 235 cm³/mol. The van der Waals surface area contributed by atoms with Crippen LogP contribution in [0.3, 0.4) is 0 Å². The van der Waals surface area contributed by atoms with Crippen molar-refractivity contribution in [2.75, 3.05) is 69.9 Å². The molecule has 0 bridgehead atoms. The molecule has 5 aromatic rings. The molecule has 3 fully saturated rings. The Morgan fingerprint density at radius 2 is 1.51 bits per heavy atom. The number of aryl methyl sites for hydroxylation is 1. The number of methoxy groups -OCH3 is 2. The second kappa shape index (κ2) is 18.1. The molecule has 0 N–H and O–H groups in total. The average Bonchev–Trinajstić information content (AvgIpc) is 3.80. The Morgan fingerprint density at radius 3 is 2.09 bits per heavy atom. The molecule has 65 heavy (non-hydrogen) atoms. The van der Waals surface area contributed by atoms with Crippen LogP contribution >= 0.6 is 0 Å². The van der Waals surface area contributed by atoms with E-state index in [0.29, 0.717) is 24.5 Å². The number of rotatable bonds is 12. The fourth-order valence-corrected chi connectivity index (χ4v) is 9.03. The molecule has 0 unspecified atom stereocenters. The number of ether oxygens (including phenoxy) is 4. The van der Waals surface area contributed by atoms with Crippen molar-refractivity contribution in [2.45, 2.75) is 83.5 Å². The third-order valence-electron chi connectivity index (χ3n) is 12.2. The first kappa shape index (κ1) is 45.5. The molecule has 3 aliphatic heterocycles. The van der Waals surface area contributed by atoms with Gasteiger partial charge in [0, 0.05) is 58.4 Å². The van der Waals surface area contributed by atoms with E-state index >= 15 is 17.6 Å². The number of aromatic nitrogens is 4. The van der Waals surface area contributed by atoms with Crippen LogP contribution in [0, 0.1) is 12.7 Å². The number of hydrogen-bond donors (Lipinski definition) is 0. The molecule has 3 saturated heterocycles. The van der Waals surface area contributed by atoms with E-state index < -0.39 is 52.3 Å². The minimum atomic E-state index is -4.95. The number of benzene rings is 2. The molecule has 3 aliphatic rings. The summed E-state index contributed by atoms with van der Waals surface area (Å²) in [4.78, 5) is 38.4. The van der Waals surface area contributed by atoms with Gasteiger partial charge in [0.2, 0.25) is 0 Å². The maximum absolute atomic E-state index is 17.5. The molecule has 13 nitrogen and oxygen atoms in total. The van der Waals surface area contributed by atoms with Crippen LogP contribution in [0.25, 0.3) is 22.3 Å². The number of amides is 1. The maximum atomic E-state index is 17.5. The number of carbonyl (C=O) groups excluding carboxylic acids is 1. The van der Waals surface area contributed by atoms with Gasteiger partial charge >= 0.3 is 18.3 Å². The number of carbonyl (C=O) groups is 1. The summed E-state index contributed by atoms with van der Waals surface area (Å²) >= 11 is 0. The van der Waals surface area contributed by atoms with Gasteiger partial charge in [-0.05, 0) is 94.1 Å². The fourth-order valence-electron chi connectivity index (χ4n) is 9.03. The summed E-state index contributed by atoms with van der Waals surface area (Å²) in [6.07, 6.45) is -3.40. The summed E-state index contributed by atoms with van der Waals surface area (Å²) in [6, 6.07) is 15.7. The lowest BCUT2D eigenvalue weighted by atomic mass is 9.95. The first-order chi connectivity index (χ1) is 30.9. The molecule has 2 atom stereocenters. The third kappa shape index (κ3) is 9.82. The van der Waals surface area contributed by atoms with Crippen molar-refractivity contribution < 1.29 is 45.7 Å². The Balaban J connectivity index is 1.22. The van der Waals surface area contributed by atoms with Crippen LogP contribution in [0.2, 0.25) is 0 Å². The molecule has 18 heteroatoms. The van der Waals surface area contributed by atoms with Gasteiger partial charge in [-0.2, -0.15) is 23.1 Å². The minimum Gasteiger partial charge on any atom is -0.497 e. The van der Waals surface area contributed by atoms with Gasteiger partial charge in [-0.3, -0.25) is 9.88 Å². The van der Waals surface area contributed by atoms with Gasteiger partial charge in [0.25, 0.3) is 0 Å². The first-order valence-corrected chi connectivity index (χ1v) is 21.6. The van der Waals surface area contributed by atoms with Gasteiger partial charge in [-0.25, -0.2) is 18.6 Å². The monoisotopic (exact) mass is 904 g/mol. The summed E-state index contributed by atoms with van der Waals surface area (Å²) in [7, 11) is 3.11. The van der Waals surface area contributed by atoms with E-state index in [1.54, 1.807) is 69.1 Å². The maximum Gasteiger partial charge on any atom is 0.418 e. The van der Waals surface area contributed by atoms with E-state index in [9.17, 15) is 9.18 Å². The van der Waals surface area contributed by atoms with Crippen molar-refractivity contribution in [1.29, 1.82) is 0 Å². The topological polar surface area (TPSA) is 119 Å². The molecular formula is C47H53F5N8O5. The predicted octanol–water partition coefficient (Wildman–Crippen LogP) is 8.79. The molecule has 0 saturated carbocycles. The summed E-state index contributed by atoms with van der Waals surface area (Å²) in [6.45, 7) is 9.13. The van der Waals surface area contributed by atoms with Crippen molar-refractivity contribution in [3.8, 4) is 28.9 Å². The minimum absolute atomic E-state index is 0.0313. The highest BCUT2D eigenvalue weighted by Crippen LogP contribution is 2.43. The van der Waals surface area contributed by atoms with Gasteiger partial charge in [0.05, 0.1) is 30.7 Å². The Hall–Kier alpha value is -6.04. The Labute approximate surface area is 374 Å². The second-order valence-corrected chi connectivity index (χ2v) is 17.9. The number of anilines is 2. The van der Waals surface area contributed by atoms with Crippen LogP contribution in [0.1, 0.15) is 62.3 Å². The molecular weight excluding hydrogens is 852 g/mol. The number of hydrogen-bond acceptors (Lipinski definition) is 12. The number of alkyl halides is 4. The highest BCUT2D eigenvalue weighted by molar-refractivity contribution is 5.92. The number of pyridine rings is 2. The molecule has 3 aromatic heterocycles. The van der Waals surface area contributed by atoms with Crippen molar-refractivity contribution in [2.24, 2.45) is 0 Å². The van der Waals surface area contributed by atoms with Crippen LogP contribution in [-0.2, 0) is 24.0 Å². The van der Waals surface area contributed by atoms with Gasteiger partial charge in [0.1, 0.15) is 58.4 Å². The zero-order valence-corrected chi connectivity index (χ0v) is 37.3. The van der Waals surface area contributed by atoms with Crippen LogP contribution < -0.4 is 24.0 Å². The van der Waals surface area contributed by atoms with E-state index in [1.165, 1.54) is 19.2 Å². The van der Waals surface area contributed by atoms with Crippen LogP contribution in [-0.4, -0.2) is 113 Å². The first-order valence-electron chi connectivity index (χ1n) is 21.6. The largest absolute Gasteiger partial charge is 0.497 e. The highest BCUT2D eigenvalue weighted by Gasteiger charge is 2.49. The Kier molecular flexibility index (Phi) is 12.7. The quantitative estimate of drug-likeness (QED) is 0.111. The smallest absolute Gasteiger partial charge is 0.418 e. The summed E-state index contributed by atoms with van der Waals surface area (Å²) in [5, 5.41) is 0.122. The molecule has 0 radical (unpaired) electrons. The standard InChI is InChI=1S/C47H53F5N8O5/c1-29-22-36(59(25-30-8-12-33(62-5)13-9-30)26-31-10-14-34(63-6)15-11-31)54-40(37(29)47(50,51)52)41-38(49)39-35(24-53-41)42(57-18-20-58(21-19-57)44(61)65-45(2,3)4)56-43(55-39)64-28-46-16-7-17-60(46)27-32(48)23-46/h8-15,22,24,32H,7,16-21,23,25-28H2,1-6H3/t32-,46+/m1/s1. The van der Waals surface area contributed by atoms with E-state index in [4.69, 9.17) is 23.9 Å². The summed E-state index contributed by atoms with van der Waals surface area (Å²) in [5.41, 5.74) is -2.69. The lowest BCUT2D eigenvalue weighted by molar-refractivity contribution is -0.137.